The van der Waals surface area contributed by atoms with E-state index in [4.69, 9.17) is 23.2 Å². The average molecular weight is 401 g/mol. The second kappa shape index (κ2) is 9.07. The molecular formula is C19H28Cl2N3O2+. The molecule has 1 aromatic carbocycles. The minimum Gasteiger partial charge on any atom is -0.332 e. The fourth-order valence-electron chi connectivity index (χ4n) is 3.50. The number of carbonyl (C=O) groups is 2. The van der Waals surface area contributed by atoms with E-state index < -0.39 is 0 Å². The second-order valence-corrected chi connectivity index (χ2v) is 8.08. The maximum absolute atomic E-state index is 12.9. The van der Waals surface area contributed by atoms with Gasteiger partial charge in [-0.1, -0.05) is 29.3 Å². The molecule has 7 heteroatoms. The molecule has 2 amide bonds. The zero-order valence-electron chi connectivity index (χ0n) is 15.8. The van der Waals surface area contributed by atoms with Gasteiger partial charge >= 0.3 is 0 Å². The van der Waals surface area contributed by atoms with Gasteiger partial charge in [0.2, 0.25) is 0 Å². The summed E-state index contributed by atoms with van der Waals surface area (Å²) in [6.07, 6.45) is 3.23. The second-order valence-electron chi connectivity index (χ2n) is 7.26. The summed E-state index contributed by atoms with van der Waals surface area (Å²) in [7, 11) is 1.86. The van der Waals surface area contributed by atoms with Crippen molar-refractivity contribution in [2.75, 3.05) is 18.9 Å². The molecule has 2 N–H and O–H groups in total. The third kappa shape index (κ3) is 4.90. The third-order valence-corrected chi connectivity index (χ3v) is 5.85. The largest absolute Gasteiger partial charge is 0.332 e. The Bertz CT molecular complexity index is 638. The molecule has 144 valence electrons. The van der Waals surface area contributed by atoms with Gasteiger partial charge in [0.05, 0.1) is 22.8 Å². The molecule has 0 bridgehead atoms. The number of halogens is 2. The Hall–Kier alpha value is -1.30. The molecule has 0 spiro atoms. The van der Waals surface area contributed by atoms with Crippen LogP contribution in [0.5, 0.6) is 0 Å². The maximum atomic E-state index is 12.9. The van der Waals surface area contributed by atoms with E-state index in [1.807, 2.05) is 18.9 Å². The average Bonchev–Trinajstić information content (AvgIpc) is 2.57. The van der Waals surface area contributed by atoms with Crippen LogP contribution in [-0.4, -0.2) is 48.4 Å². The van der Waals surface area contributed by atoms with E-state index in [-0.39, 0.29) is 36.5 Å². The van der Waals surface area contributed by atoms with Crippen LogP contribution in [0.15, 0.2) is 18.2 Å². The number of nitrogens with zero attached hydrogens (tertiary/aromatic N) is 1. The number of benzene rings is 1. The highest BCUT2D eigenvalue weighted by molar-refractivity contribution is 6.39. The summed E-state index contributed by atoms with van der Waals surface area (Å²) in [5.41, 5.74) is 0.408. The van der Waals surface area contributed by atoms with Gasteiger partial charge < -0.3 is 15.1 Å². The highest BCUT2D eigenvalue weighted by Crippen LogP contribution is 2.29. The highest BCUT2D eigenvalue weighted by Gasteiger charge is 2.35. The summed E-state index contributed by atoms with van der Waals surface area (Å²) in [5.74, 6) is -0.123. The minimum atomic E-state index is -0.300. The zero-order chi connectivity index (χ0) is 19.4. The Kier molecular flexibility index (Phi) is 7.33. The normalized spacial score (nSPS) is 22.6. The Balaban J connectivity index is 1.98. The maximum Gasteiger partial charge on any atom is 0.281 e. The summed E-state index contributed by atoms with van der Waals surface area (Å²) in [6, 6.07) is 5.26. The molecule has 0 aliphatic carbocycles. The number of para-hydroxylation sites is 1. The number of nitrogens with one attached hydrogen (secondary N) is 2. The van der Waals surface area contributed by atoms with Gasteiger partial charge in [0.15, 0.2) is 12.6 Å². The summed E-state index contributed by atoms with van der Waals surface area (Å²) in [6.45, 7) is 6.23. The number of likely N-dealkylation sites (tertiary alicyclic amines) is 1. The van der Waals surface area contributed by atoms with Gasteiger partial charge in [-0.15, -0.1) is 0 Å². The summed E-state index contributed by atoms with van der Waals surface area (Å²) in [4.78, 5) is 28.1. The quantitative estimate of drug-likeness (QED) is 0.797. The lowest BCUT2D eigenvalue weighted by atomic mass is 9.96. The fraction of sp³-hybridized carbons (Fsp3) is 0.579. The SMILES string of the molecule is C[C@H](C(=O)N1[C@@H](C)CCC[C@@H]1C)[NH+](C)CC(=O)Nc1c(Cl)cccc1Cl. The van der Waals surface area contributed by atoms with E-state index in [1.165, 1.54) is 0 Å². The Morgan fingerprint density at radius 3 is 2.31 bits per heavy atom. The number of hydrogen-bond acceptors (Lipinski definition) is 2. The number of rotatable bonds is 5. The number of amides is 2. The Morgan fingerprint density at radius 2 is 1.77 bits per heavy atom. The standard InChI is InChI=1S/C19H27Cl2N3O2/c1-12-7-5-8-13(2)24(12)19(26)14(3)23(4)11-17(25)22-18-15(20)9-6-10-16(18)21/h6,9-10,12-14H,5,7-8,11H2,1-4H3,(H,22,25)/p+1/t12-,13-,14+/m0/s1. The predicted octanol–water partition coefficient (Wildman–Crippen LogP) is 2.62. The molecule has 1 aromatic rings. The van der Waals surface area contributed by atoms with Crippen molar-refractivity contribution >= 4 is 40.7 Å². The van der Waals surface area contributed by atoms with E-state index >= 15 is 0 Å². The molecule has 2 rings (SSSR count). The van der Waals surface area contributed by atoms with Gasteiger partial charge in [0.1, 0.15) is 0 Å². The number of carbonyl (C=O) groups excluding carboxylic acids is 2. The van der Waals surface area contributed by atoms with E-state index in [0.717, 1.165) is 24.2 Å². The van der Waals surface area contributed by atoms with E-state index in [9.17, 15) is 9.59 Å². The van der Waals surface area contributed by atoms with Crippen LogP contribution in [0.3, 0.4) is 0 Å². The first-order chi connectivity index (χ1) is 12.2. The molecule has 0 aromatic heterocycles. The van der Waals surface area contributed by atoms with Crippen LogP contribution >= 0.6 is 23.2 Å². The number of quaternary nitrogens is 1. The highest BCUT2D eigenvalue weighted by atomic mass is 35.5. The van der Waals surface area contributed by atoms with E-state index in [2.05, 4.69) is 19.2 Å². The van der Waals surface area contributed by atoms with Crippen molar-refractivity contribution in [2.45, 2.75) is 58.2 Å². The van der Waals surface area contributed by atoms with Crippen molar-refractivity contribution in [3.63, 3.8) is 0 Å². The first-order valence-corrected chi connectivity index (χ1v) is 9.86. The van der Waals surface area contributed by atoms with Crippen LogP contribution in [0.2, 0.25) is 10.0 Å². The Labute approximate surface area is 165 Å². The molecule has 1 fully saturated rings. The van der Waals surface area contributed by atoms with Crippen LogP contribution in [0.1, 0.15) is 40.0 Å². The molecule has 1 saturated heterocycles. The molecule has 1 unspecified atom stereocenters. The molecular weight excluding hydrogens is 373 g/mol. The Morgan fingerprint density at radius 1 is 1.23 bits per heavy atom. The van der Waals surface area contributed by atoms with Crippen molar-refractivity contribution in [1.29, 1.82) is 0 Å². The summed E-state index contributed by atoms with van der Waals surface area (Å²) < 4.78 is 0. The van der Waals surface area contributed by atoms with Crippen LogP contribution in [-0.2, 0) is 9.59 Å². The number of piperidine rings is 1. The van der Waals surface area contributed by atoms with Gasteiger partial charge in [-0.3, -0.25) is 9.59 Å². The van der Waals surface area contributed by atoms with Crippen LogP contribution in [0.25, 0.3) is 0 Å². The smallest absolute Gasteiger partial charge is 0.281 e. The monoisotopic (exact) mass is 400 g/mol. The molecule has 0 saturated carbocycles. The first kappa shape index (κ1) is 21.0. The summed E-state index contributed by atoms with van der Waals surface area (Å²) in [5, 5.41) is 3.54. The van der Waals surface area contributed by atoms with Crippen molar-refractivity contribution in [3.05, 3.63) is 28.2 Å². The van der Waals surface area contributed by atoms with Crippen LogP contribution < -0.4 is 10.2 Å². The predicted molar refractivity (Wildman–Crippen MR) is 106 cm³/mol. The molecule has 1 aliphatic heterocycles. The minimum absolute atomic E-state index is 0.103. The molecule has 0 radical (unpaired) electrons. The molecule has 1 aliphatic rings. The fourth-order valence-corrected chi connectivity index (χ4v) is 3.99. The number of anilines is 1. The van der Waals surface area contributed by atoms with Crippen molar-refractivity contribution in [1.82, 2.24) is 4.90 Å². The van der Waals surface area contributed by atoms with Crippen molar-refractivity contribution in [2.24, 2.45) is 0 Å². The van der Waals surface area contributed by atoms with Gasteiger partial charge in [-0.25, -0.2) is 0 Å². The lowest BCUT2D eigenvalue weighted by Gasteiger charge is -2.40. The molecule has 4 atom stereocenters. The molecule has 26 heavy (non-hydrogen) atoms. The summed E-state index contributed by atoms with van der Waals surface area (Å²) >= 11 is 12.2. The van der Waals surface area contributed by atoms with Crippen molar-refractivity contribution < 1.29 is 14.5 Å². The zero-order valence-corrected chi connectivity index (χ0v) is 17.3. The van der Waals surface area contributed by atoms with Gasteiger partial charge in [0.25, 0.3) is 11.8 Å². The lowest BCUT2D eigenvalue weighted by molar-refractivity contribution is -0.886. The molecule has 1 heterocycles. The van der Waals surface area contributed by atoms with E-state index in [1.54, 1.807) is 18.2 Å². The van der Waals surface area contributed by atoms with Gasteiger partial charge in [0, 0.05) is 12.1 Å². The van der Waals surface area contributed by atoms with Crippen molar-refractivity contribution in [3.8, 4) is 0 Å². The number of likely N-dealkylation sites (N-methyl/N-ethyl adjacent to an activating group) is 1. The van der Waals surface area contributed by atoms with Crippen LogP contribution in [0.4, 0.5) is 5.69 Å². The topological polar surface area (TPSA) is 53.9 Å². The van der Waals surface area contributed by atoms with E-state index in [0.29, 0.717) is 15.7 Å². The van der Waals surface area contributed by atoms with Gasteiger partial charge in [-0.2, -0.15) is 0 Å². The van der Waals surface area contributed by atoms with Crippen LogP contribution in [0, 0.1) is 0 Å². The molecule has 5 nitrogen and oxygen atoms in total. The third-order valence-electron chi connectivity index (χ3n) is 5.22. The van der Waals surface area contributed by atoms with Gasteiger partial charge in [-0.05, 0) is 52.2 Å². The number of hydrogen-bond donors (Lipinski definition) is 2. The lowest BCUT2D eigenvalue weighted by Crippen LogP contribution is -3.15. The first-order valence-electron chi connectivity index (χ1n) is 9.10.